The number of nitrogens with two attached hydrogens (primary N) is 1. The zero-order chi connectivity index (χ0) is 21.1. The molecule has 3 aliphatic rings. The molecule has 0 unspecified atom stereocenters. The molecule has 2 saturated heterocycles. The Kier molecular flexibility index (Phi) is 4.40. The van der Waals surface area contributed by atoms with Crippen molar-refractivity contribution < 1.29 is 4.79 Å². The minimum atomic E-state index is -0.120. The molecule has 160 valence electrons. The van der Waals surface area contributed by atoms with E-state index in [1.165, 1.54) is 34.6 Å². The third-order valence-electron chi connectivity index (χ3n) is 6.91. The van der Waals surface area contributed by atoms with Crippen LogP contribution in [0.25, 0.3) is 10.3 Å². The van der Waals surface area contributed by atoms with Crippen molar-refractivity contribution in [2.75, 3.05) is 23.7 Å². The van der Waals surface area contributed by atoms with Gasteiger partial charge in [0.15, 0.2) is 0 Å². The van der Waals surface area contributed by atoms with Crippen LogP contribution in [0.1, 0.15) is 39.3 Å². The summed E-state index contributed by atoms with van der Waals surface area (Å²) in [5, 5.41) is 6.77. The number of carbonyl (C=O) groups excluding carboxylic acids is 1. The molecule has 1 aliphatic carbocycles. The SMILES string of the molecule is Cc1cnc2c(N)c(C(=O)N[C@@H]3CCc4cc(N5C[C@H]6C[C@@H]5CN6)ccc4C3)sc2n1. The summed E-state index contributed by atoms with van der Waals surface area (Å²) in [7, 11) is 0. The van der Waals surface area contributed by atoms with Gasteiger partial charge in [0, 0.05) is 43.1 Å². The molecule has 4 N–H and O–H groups in total. The second-order valence-electron chi connectivity index (χ2n) is 9.02. The molecule has 2 aromatic heterocycles. The first-order chi connectivity index (χ1) is 15.0. The van der Waals surface area contributed by atoms with E-state index in [1.807, 2.05) is 6.92 Å². The van der Waals surface area contributed by atoms with Crippen LogP contribution < -0.4 is 21.3 Å². The molecule has 2 aliphatic heterocycles. The van der Waals surface area contributed by atoms with Crippen molar-refractivity contribution in [3.8, 4) is 0 Å². The van der Waals surface area contributed by atoms with Gasteiger partial charge >= 0.3 is 0 Å². The number of rotatable bonds is 3. The summed E-state index contributed by atoms with van der Waals surface area (Å²) in [4.78, 5) is 25.6. The van der Waals surface area contributed by atoms with Gasteiger partial charge in [-0.2, -0.15) is 0 Å². The van der Waals surface area contributed by atoms with Crippen molar-refractivity contribution in [1.82, 2.24) is 20.6 Å². The first-order valence-corrected chi connectivity index (χ1v) is 11.8. The Hall–Kier alpha value is -2.71. The second kappa shape index (κ2) is 7.17. The molecule has 31 heavy (non-hydrogen) atoms. The van der Waals surface area contributed by atoms with Gasteiger partial charge in [-0.05, 0) is 55.9 Å². The molecule has 2 bridgehead atoms. The number of hydrogen-bond donors (Lipinski definition) is 3. The van der Waals surface area contributed by atoms with Crippen LogP contribution in [0.2, 0.25) is 0 Å². The van der Waals surface area contributed by atoms with Gasteiger partial charge in [-0.3, -0.25) is 4.79 Å². The number of hydrogen-bond acceptors (Lipinski definition) is 7. The number of nitrogens with zero attached hydrogens (tertiary/aromatic N) is 3. The van der Waals surface area contributed by atoms with Crippen LogP contribution in [0.15, 0.2) is 24.4 Å². The fraction of sp³-hybridized carbons (Fsp3) is 0.435. The van der Waals surface area contributed by atoms with Gasteiger partial charge in [-0.1, -0.05) is 6.07 Å². The summed E-state index contributed by atoms with van der Waals surface area (Å²) in [6.45, 7) is 4.10. The molecular formula is C23H26N6OS. The number of aryl methyl sites for hydroxylation is 2. The number of piperazine rings is 1. The van der Waals surface area contributed by atoms with E-state index in [0.717, 1.165) is 42.9 Å². The predicted octanol–water partition coefficient (Wildman–Crippen LogP) is 2.42. The maximum absolute atomic E-state index is 13.0. The lowest BCUT2D eigenvalue weighted by Gasteiger charge is -2.32. The fourth-order valence-corrected chi connectivity index (χ4v) is 6.31. The van der Waals surface area contributed by atoms with Crippen molar-refractivity contribution in [1.29, 1.82) is 0 Å². The maximum atomic E-state index is 13.0. The molecular weight excluding hydrogens is 408 g/mol. The number of thiophene rings is 1. The van der Waals surface area contributed by atoms with Crippen molar-refractivity contribution in [2.24, 2.45) is 0 Å². The van der Waals surface area contributed by atoms with Crippen LogP contribution in [-0.2, 0) is 12.8 Å². The van der Waals surface area contributed by atoms with Gasteiger partial charge in [-0.25, -0.2) is 9.97 Å². The lowest BCUT2D eigenvalue weighted by Crippen LogP contribution is -2.43. The molecule has 0 radical (unpaired) electrons. The predicted molar refractivity (Wildman–Crippen MR) is 124 cm³/mol. The van der Waals surface area contributed by atoms with Crippen LogP contribution in [0.4, 0.5) is 11.4 Å². The van der Waals surface area contributed by atoms with Crippen LogP contribution in [0.5, 0.6) is 0 Å². The average Bonchev–Trinajstić information content (AvgIpc) is 3.48. The summed E-state index contributed by atoms with van der Waals surface area (Å²) in [6, 6.07) is 8.29. The third-order valence-corrected chi connectivity index (χ3v) is 7.99. The Morgan fingerprint density at radius 1 is 1.35 bits per heavy atom. The highest BCUT2D eigenvalue weighted by Crippen LogP contribution is 2.34. The van der Waals surface area contributed by atoms with Crippen molar-refractivity contribution in [3.63, 3.8) is 0 Å². The van der Waals surface area contributed by atoms with E-state index in [-0.39, 0.29) is 11.9 Å². The molecule has 1 aromatic carbocycles. The number of anilines is 2. The normalized spacial score (nSPS) is 24.5. The zero-order valence-electron chi connectivity index (χ0n) is 17.5. The van der Waals surface area contributed by atoms with Crippen molar-refractivity contribution >= 4 is 39.0 Å². The Bertz CT molecular complexity index is 1190. The fourth-order valence-electron chi connectivity index (χ4n) is 5.31. The molecule has 7 nitrogen and oxygen atoms in total. The lowest BCUT2D eigenvalue weighted by molar-refractivity contribution is 0.0938. The van der Waals surface area contributed by atoms with Crippen LogP contribution in [-0.4, -0.2) is 47.1 Å². The van der Waals surface area contributed by atoms with Crippen LogP contribution in [0, 0.1) is 6.92 Å². The first-order valence-electron chi connectivity index (χ1n) is 11.0. The van der Waals surface area contributed by atoms with Gasteiger partial charge in [0.2, 0.25) is 0 Å². The Labute approximate surface area is 185 Å². The van der Waals surface area contributed by atoms with Crippen LogP contribution in [0.3, 0.4) is 0 Å². The first kappa shape index (κ1) is 19.0. The summed E-state index contributed by atoms with van der Waals surface area (Å²) in [5.41, 5.74) is 12.2. The minimum Gasteiger partial charge on any atom is -0.396 e. The molecule has 3 aromatic rings. The van der Waals surface area contributed by atoms with Crippen LogP contribution >= 0.6 is 11.3 Å². The van der Waals surface area contributed by atoms with E-state index < -0.39 is 0 Å². The quantitative estimate of drug-likeness (QED) is 0.586. The third kappa shape index (κ3) is 3.25. The highest BCUT2D eigenvalue weighted by atomic mass is 32.1. The summed E-state index contributed by atoms with van der Waals surface area (Å²) in [5.74, 6) is -0.120. The van der Waals surface area contributed by atoms with Gasteiger partial charge in [-0.15, -0.1) is 11.3 Å². The van der Waals surface area contributed by atoms with Crippen molar-refractivity contribution in [2.45, 2.75) is 50.7 Å². The molecule has 2 fully saturated rings. The van der Waals surface area contributed by atoms with E-state index in [4.69, 9.17) is 5.73 Å². The standard InChI is InChI=1S/C23H26N6OS/c1-12-9-26-20-19(24)21(31-23(20)27-12)22(30)28-15-4-2-14-7-17(5-3-13(14)6-15)29-11-16-8-18(29)10-25-16/h3,5,7,9,15-16,18,25H,2,4,6,8,10-11,24H2,1H3,(H,28,30)/t15-,16-,18-/m1/s1. The lowest BCUT2D eigenvalue weighted by atomic mass is 9.87. The number of nitrogen functional groups attached to an aromatic ring is 1. The topological polar surface area (TPSA) is 96.2 Å². The molecule has 8 heteroatoms. The number of amides is 1. The summed E-state index contributed by atoms with van der Waals surface area (Å²) >= 11 is 1.32. The van der Waals surface area contributed by atoms with Gasteiger partial charge in [0.1, 0.15) is 15.2 Å². The zero-order valence-corrected chi connectivity index (χ0v) is 18.3. The smallest absolute Gasteiger partial charge is 0.263 e. The minimum absolute atomic E-state index is 0.116. The Morgan fingerprint density at radius 3 is 3.06 bits per heavy atom. The second-order valence-corrected chi connectivity index (χ2v) is 10.0. The Morgan fingerprint density at radius 2 is 2.26 bits per heavy atom. The van der Waals surface area contributed by atoms with Gasteiger partial charge in [0.05, 0.1) is 11.4 Å². The largest absolute Gasteiger partial charge is 0.396 e. The van der Waals surface area contributed by atoms with Gasteiger partial charge < -0.3 is 21.3 Å². The molecule has 4 heterocycles. The van der Waals surface area contributed by atoms with E-state index in [2.05, 4.69) is 43.7 Å². The molecule has 1 amide bonds. The number of fused-ring (bicyclic) bond motifs is 4. The maximum Gasteiger partial charge on any atom is 0.263 e. The van der Waals surface area contributed by atoms with Gasteiger partial charge in [0.25, 0.3) is 5.91 Å². The number of aromatic nitrogens is 2. The number of benzene rings is 1. The highest BCUT2D eigenvalue weighted by Gasteiger charge is 2.37. The number of nitrogens with one attached hydrogen (secondary N) is 2. The van der Waals surface area contributed by atoms with E-state index in [0.29, 0.717) is 28.2 Å². The molecule has 6 rings (SSSR count). The van der Waals surface area contributed by atoms with E-state index >= 15 is 0 Å². The Balaban J connectivity index is 1.17. The summed E-state index contributed by atoms with van der Waals surface area (Å²) < 4.78 is 0. The molecule has 3 atom stereocenters. The monoisotopic (exact) mass is 434 g/mol. The van der Waals surface area contributed by atoms with E-state index in [9.17, 15) is 4.79 Å². The average molecular weight is 435 g/mol. The molecule has 0 saturated carbocycles. The highest BCUT2D eigenvalue weighted by molar-refractivity contribution is 7.21. The van der Waals surface area contributed by atoms with E-state index in [1.54, 1.807) is 6.20 Å². The van der Waals surface area contributed by atoms with Crippen molar-refractivity contribution in [3.05, 3.63) is 46.1 Å². The molecule has 0 spiro atoms. The number of carbonyl (C=O) groups is 1. The summed E-state index contributed by atoms with van der Waals surface area (Å²) in [6.07, 6.45) is 5.73.